The number of hydrogen-bond donors (Lipinski definition) is 18. The molecule has 640 valence electrons. The molecule has 19 N–H and O–H groups in total. The number of aliphatic hydroxyl groups is 1. The van der Waals surface area contributed by atoms with E-state index in [2.05, 4.69) is 68.8 Å². The largest absolute Gasteiger partial charge is 0.508 e. The van der Waals surface area contributed by atoms with Gasteiger partial charge in [-0.1, -0.05) is 157 Å². The summed E-state index contributed by atoms with van der Waals surface area (Å²) in [4.78, 5) is 209. The number of nitrogens with zero attached hydrogens (tertiary/aromatic N) is 1. The van der Waals surface area contributed by atoms with Crippen LogP contribution in [-0.4, -0.2) is 218 Å². The van der Waals surface area contributed by atoms with Crippen molar-refractivity contribution in [3.8, 4) is 17.2 Å². The predicted molar refractivity (Wildman–Crippen MR) is 447 cm³/mol. The number of carbonyl (C=O) groups excluding carboxylic acids is 14. The molecule has 1 aliphatic rings. The Labute approximate surface area is 698 Å². The van der Waals surface area contributed by atoms with Crippen LogP contribution in [0.25, 0.3) is 10.9 Å². The minimum Gasteiger partial charge on any atom is -0.508 e. The smallest absolute Gasteiger partial charge is 0.245 e. The van der Waals surface area contributed by atoms with Gasteiger partial charge in [0, 0.05) is 68.4 Å². The van der Waals surface area contributed by atoms with Crippen LogP contribution in [0.4, 0.5) is 0 Å². The van der Waals surface area contributed by atoms with Crippen LogP contribution in [0.1, 0.15) is 87.8 Å². The van der Waals surface area contributed by atoms with Crippen LogP contribution in [0.2, 0.25) is 0 Å². The van der Waals surface area contributed by atoms with Crippen molar-refractivity contribution in [2.45, 2.75) is 159 Å². The lowest BCUT2D eigenvalue weighted by atomic mass is 9.98. The standard InChI is InChI=1S/C86H107N15O18S/c1-48(2)34-62-78(111)99-70(77(110)89-43-72(87)106)46-120-47-74(108)92-64(36-51-16-10-8-11-17-51)79(112)94-65(37-53-22-28-57(103)29-23-53)80(113)93-63(35-49(3)4)83(116)100-75(50(5)6)85(118)96-66(38-54-24-30-58(104)31-25-54)81(114)98-69(45-102)76(109)90-44-73(107)91-67(41-56-42-88-61-21-15-14-20-60(56)61)82(115)97-68(39-55-26-32-59(105)33-27-55)86(119)101(7)71(84(117)95-62)40-52-18-12-9-13-19-52/h8-33,42,48-50,62-71,75,88,102-105H,34-41,43-47H2,1-7H3,(H2,87,106)(H,89,110)(H,90,109)(H,91,107)(H,92,108)(H,93,113)(H,94,112)(H,95,117)(H,96,118)(H,97,115)(H,98,114)(H,99,111)(H,100,116)/t62-,63-,64-,65-,66-,67-,68-,69-,70-,71-,75-/m0/s1. The number of nitrogens with two attached hydrogens (primary N) is 1. The number of likely N-dealkylation sites (N-methyl/N-ethyl adjacent to an activating group) is 1. The fraction of sp³-hybridized carbons (Fsp3) is 0.395. The molecule has 0 bridgehead atoms. The molecule has 1 fully saturated rings. The number of benzene rings is 6. The molecule has 34 heteroatoms. The van der Waals surface area contributed by atoms with Gasteiger partial charge in [-0.3, -0.25) is 67.1 Å². The summed E-state index contributed by atoms with van der Waals surface area (Å²) in [6.07, 6.45) is 0.0706. The van der Waals surface area contributed by atoms with Crippen LogP contribution in [-0.2, 0) is 106 Å². The summed E-state index contributed by atoms with van der Waals surface area (Å²) >= 11 is 0.827. The van der Waals surface area contributed by atoms with Gasteiger partial charge in [-0.15, -0.1) is 11.8 Å². The molecule has 2 heterocycles. The first-order valence-corrected chi connectivity index (χ1v) is 40.6. The van der Waals surface area contributed by atoms with Crippen LogP contribution in [0.3, 0.4) is 0 Å². The third-order valence-corrected chi connectivity index (χ3v) is 20.9. The van der Waals surface area contributed by atoms with Gasteiger partial charge >= 0.3 is 0 Å². The molecule has 6 aromatic carbocycles. The zero-order valence-electron chi connectivity index (χ0n) is 67.8. The Morgan fingerprint density at radius 1 is 0.450 bits per heavy atom. The number of hydrogen-bond acceptors (Lipinski definition) is 19. The maximum absolute atomic E-state index is 15.6. The fourth-order valence-corrected chi connectivity index (χ4v) is 14.3. The Bertz CT molecular complexity index is 4710. The lowest BCUT2D eigenvalue weighted by Crippen LogP contribution is -2.61. The zero-order chi connectivity index (χ0) is 87.3. The van der Waals surface area contributed by atoms with E-state index in [1.807, 2.05) is 0 Å². The number of aliphatic hydroxyl groups excluding tert-OH is 1. The maximum Gasteiger partial charge on any atom is 0.245 e. The van der Waals surface area contributed by atoms with Crippen molar-refractivity contribution in [2.24, 2.45) is 23.5 Å². The van der Waals surface area contributed by atoms with Crippen molar-refractivity contribution < 1.29 is 87.5 Å². The van der Waals surface area contributed by atoms with Crippen molar-refractivity contribution in [1.29, 1.82) is 0 Å². The van der Waals surface area contributed by atoms with Gasteiger partial charge in [0.1, 0.15) is 83.7 Å². The van der Waals surface area contributed by atoms with E-state index in [9.17, 15) is 68.4 Å². The SMILES string of the molecule is CC(C)C[C@@H]1NC(=O)[C@H](Cc2ccc(O)cc2)NC(=O)[C@H](Cc2ccccc2)NC(=O)CSC[C@@H](C(=O)NCC(N)=O)NC(=O)[C@H](CC(C)C)NC(=O)[C@H](Cc2ccccc2)N(C)C(=O)[C@H](Cc2ccc(O)cc2)NC(=O)[C@H](Cc2c[nH]c3ccccc23)NC(=O)CNC(=O)[C@H](CO)NC(=O)[C@H](Cc2ccc(O)cc2)NC(=O)[C@H](C(C)C)NC1=O. The number of thioether (sulfide) groups is 1. The third kappa shape index (κ3) is 28.8. The minimum absolute atomic E-state index is 0.0429. The van der Waals surface area contributed by atoms with E-state index in [0.29, 0.717) is 44.3 Å². The summed E-state index contributed by atoms with van der Waals surface area (Å²) in [5, 5.41) is 74.0. The summed E-state index contributed by atoms with van der Waals surface area (Å²) in [5.41, 5.74) is 8.94. The lowest BCUT2D eigenvalue weighted by Gasteiger charge is -2.33. The number of phenols is 3. The maximum atomic E-state index is 15.6. The quantitative estimate of drug-likeness (QED) is 0.0476. The molecule has 33 nitrogen and oxygen atoms in total. The predicted octanol–water partition coefficient (Wildman–Crippen LogP) is 0.921. The first kappa shape index (κ1) is 92.7. The molecular formula is C86H107N15O18S. The number of carbonyl (C=O) groups is 14. The highest BCUT2D eigenvalue weighted by atomic mass is 32.2. The summed E-state index contributed by atoms with van der Waals surface area (Å²) in [7, 11) is 1.31. The molecule has 1 aromatic heterocycles. The number of phenolic OH excluding ortho intramolecular Hbond substituents is 3. The number of amides is 14. The number of fused-ring (bicyclic) bond motifs is 1. The van der Waals surface area contributed by atoms with Crippen LogP contribution in [0.5, 0.6) is 17.2 Å². The van der Waals surface area contributed by atoms with Crippen LogP contribution < -0.4 is 69.5 Å². The van der Waals surface area contributed by atoms with Gasteiger partial charge in [0.2, 0.25) is 82.7 Å². The molecule has 8 rings (SSSR count). The summed E-state index contributed by atoms with van der Waals surface area (Å²) < 4.78 is 0. The van der Waals surface area contributed by atoms with E-state index in [1.165, 1.54) is 79.8 Å². The average Bonchev–Trinajstić information content (AvgIpc) is 1.67. The molecule has 0 radical (unpaired) electrons. The van der Waals surface area contributed by atoms with Gasteiger partial charge in [0.25, 0.3) is 0 Å². The van der Waals surface area contributed by atoms with E-state index in [0.717, 1.165) is 16.7 Å². The number of nitrogens with one attached hydrogen (secondary N) is 13. The number of aromatic hydroxyl groups is 3. The Kier molecular flexibility index (Phi) is 34.9. The summed E-state index contributed by atoms with van der Waals surface area (Å²) in [5.74, 6) is -15.6. The highest BCUT2D eigenvalue weighted by Crippen LogP contribution is 2.23. The van der Waals surface area contributed by atoms with Gasteiger partial charge in [0.05, 0.1) is 25.4 Å². The molecular weight excluding hydrogens is 1560 g/mol. The number of aromatic amines is 1. The third-order valence-electron chi connectivity index (χ3n) is 19.8. The monoisotopic (exact) mass is 1670 g/mol. The number of rotatable bonds is 21. The normalized spacial score (nSPS) is 22.1. The number of primary amides is 1. The first-order chi connectivity index (χ1) is 57.2. The van der Waals surface area contributed by atoms with Crippen molar-refractivity contribution in [3.05, 3.63) is 197 Å². The van der Waals surface area contributed by atoms with E-state index < -0.39 is 181 Å². The summed E-state index contributed by atoms with van der Waals surface area (Å²) in [6.45, 7) is 7.59. The number of para-hydroxylation sites is 1. The molecule has 120 heavy (non-hydrogen) atoms. The number of H-pyrrole nitrogens is 1. The molecule has 1 saturated heterocycles. The molecule has 1 aliphatic heterocycles. The van der Waals surface area contributed by atoms with Crippen molar-refractivity contribution in [1.82, 2.24) is 73.7 Å². The van der Waals surface area contributed by atoms with Gasteiger partial charge in [-0.25, -0.2) is 0 Å². The second-order valence-corrected chi connectivity index (χ2v) is 31.8. The zero-order valence-corrected chi connectivity index (χ0v) is 68.6. The molecule has 0 unspecified atom stereocenters. The molecule has 14 amide bonds. The van der Waals surface area contributed by atoms with Crippen LogP contribution in [0, 0.1) is 17.8 Å². The first-order valence-electron chi connectivity index (χ1n) is 39.5. The lowest BCUT2D eigenvalue weighted by molar-refractivity contribution is -0.143. The van der Waals surface area contributed by atoms with Gasteiger partial charge in [-0.2, -0.15) is 0 Å². The van der Waals surface area contributed by atoms with Crippen LogP contribution in [0.15, 0.2) is 164 Å². The Hall–Kier alpha value is -12.9. The second kappa shape index (κ2) is 45.2. The topological polar surface area (TPSA) is 509 Å². The highest BCUT2D eigenvalue weighted by molar-refractivity contribution is 8.00. The van der Waals surface area contributed by atoms with Crippen LogP contribution >= 0.6 is 11.8 Å². The Morgan fingerprint density at radius 3 is 1.36 bits per heavy atom. The second-order valence-electron chi connectivity index (χ2n) is 30.8. The van der Waals surface area contributed by atoms with Gasteiger partial charge in [0.15, 0.2) is 0 Å². The fourth-order valence-electron chi connectivity index (χ4n) is 13.5. The van der Waals surface area contributed by atoms with Gasteiger partial charge in [-0.05, 0) is 106 Å². The molecule has 0 spiro atoms. The average molecular weight is 1670 g/mol. The van der Waals surface area contributed by atoms with E-state index in [-0.39, 0.29) is 86.2 Å². The van der Waals surface area contributed by atoms with Crippen molar-refractivity contribution in [3.63, 3.8) is 0 Å². The van der Waals surface area contributed by atoms with E-state index in [1.54, 1.807) is 133 Å². The van der Waals surface area contributed by atoms with E-state index >= 15 is 19.2 Å². The van der Waals surface area contributed by atoms with Crippen molar-refractivity contribution in [2.75, 3.05) is 38.2 Å². The minimum atomic E-state index is -1.82. The molecule has 7 aromatic rings. The van der Waals surface area contributed by atoms with E-state index in [4.69, 9.17) is 5.73 Å². The summed E-state index contributed by atoms with van der Waals surface area (Å²) in [6, 6.07) is 24.2. The Balaban J connectivity index is 1.19. The number of aromatic nitrogens is 1. The Morgan fingerprint density at radius 2 is 0.858 bits per heavy atom. The molecule has 0 saturated carbocycles. The molecule has 0 aliphatic carbocycles. The van der Waals surface area contributed by atoms with Gasteiger partial charge < -0.3 is 99.8 Å². The highest BCUT2D eigenvalue weighted by Gasteiger charge is 2.40. The van der Waals surface area contributed by atoms with Crippen molar-refractivity contribution >= 4 is 105 Å². The molecule has 11 atom stereocenters.